The Labute approximate surface area is 154 Å². The molecule has 0 aliphatic carbocycles. The number of aliphatic hydroxyl groups is 1. The van der Waals surface area contributed by atoms with Gasteiger partial charge in [-0.15, -0.1) is 0 Å². The van der Waals surface area contributed by atoms with Crippen LogP contribution in [0.15, 0.2) is 28.9 Å². The molecule has 1 fully saturated rings. The summed E-state index contributed by atoms with van der Waals surface area (Å²) in [5.74, 6) is 0.543. The summed E-state index contributed by atoms with van der Waals surface area (Å²) < 4.78 is 5.46. The number of aromatic nitrogens is 1. The number of carbonyl (C=O) groups excluding carboxylic acids is 1. The number of hydrogen-bond donors (Lipinski definition) is 2. The minimum Gasteiger partial charge on any atom is -0.444 e. The van der Waals surface area contributed by atoms with Gasteiger partial charge in [0.1, 0.15) is 6.26 Å². The van der Waals surface area contributed by atoms with Crippen LogP contribution in [0.4, 0.5) is 10.5 Å². The molecule has 0 saturated carbocycles. The van der Waals surface area contributed by atoms with Crippen molar-refractivity contribution in [3.8, 4) is 11.5 Å². The average molecular weight is 357 g/mol. The zero-order valence-corrected chi connectivity index (χ0v) is 15.7. The highest BCUT2D eigenvalue weighted by molar-refractivity contribution is 5.91. The molecule has 1 aromatic heterocycles. The zero-order valence-electron chi connectivity index (χ0n) is 15.7. The average Bonchev–Trinajstić information content (AvgIpc) is 3.09. The summed E-state index contributed by atoms with van der Waals surface area (Å²) in [4.78, 5) is 18.9. The summed E-state index contributed by atoms with van der Waals surface area (Å²) in [6.45, 7) is 7.32. The summed E-state index contributed by atoms with van der Waals surface area (Å²) >= 11 is 0. The molecule has 1 saturated heterocycles. The van der Waals surface area contributed by atoms with Crippen LogP contribution in [-0.4, -0.2) is 40.7 Å². The van der Waals surface area contributed by atoms with Crippen molar-refractivity contribution >= 4 is 11.7 Å². The lowest BCUT2D eigenvalue weighted by atomic mass is 9.78. The van der Waals surface area contributed by atoms with Crippen molar-refractivity contribution < 1.29 is 14.3 Å². The van der Waals surface area contributed by atoms with Crippen LogP contribution in [0, 0.1) is 19.3 Å². The summed E-state index contributed by atoms with van der Waals surface area (Å²) in [5, 5.41) is 12.8. The zero-order chi connectivity index (χ0) is 18.7. The van der Waals surface area contributed by atoms with Crippen LogP contribution in [0.3, 0.4) is 0 Å². The molecule has 1 unspecified atom stereocenters. The third-order valence-corrected chi connectivity index (χ3v) is 5.38. The Balaban J connectivity index is 1.76. The number of nitrogens with one attached hydrogen (secondary N) is 1. The highest BCUT2D eigenvalue weighted by atomic mass is 16.3. The number of likely N-dealkylation sites (tertiary alicyclic amines) is 1. The highest BCUT2D eigenvalue weighted by Gasteiger charge is 2.35. The number of carbonyl (C=O) groups is 1. The van der Waals surface area contributed by atoms with E-state index in [0.29, 0.717) is 19.0 Å². The van der Waals surface area contributed by atoms with Crippen molar-refractivity contribution in [2.45, 2.75) is 40.0 Å². The van der Waals surface area contributed by atoms with Crippen molar-refractivity contribution in [1.82, 2.24) is 9.88 Å². The van der Waals surface area contributed by atoms with E-state index in [0.717, 1.165) is 41.8 Å². The number of anilines is 1. The first-order chi connectivity index (χ1) is 12.5. The molecule has 2 aromatic rings. The molecular formula is C20H27N3O3. The fourth-order valence-corrected chi connectivity index (χ4v) is 3.48. The second-order valence-electron chi connectivity index (χ2n) is 7.29. The van der Waals surface area contributed by atoms with E-state index in [2.05, 4.69) is 17.2 Å². The fraction of sp³-hybridized carbons (Fsp3) is 0.500. The molecule has 1 aromatic carbocycles. The van der Waals surface area contributed by atoms with Crippen LogP contribution in [0.1, 0.15) is 37.4 Å². The predicted octanol–water partition coefficient (Wildman–Crippen LogP) is 3.97. The molecule has 1 aliphatic heterocycles. The quantitative estimate of drug-likeness (QED) is 0.868. The molecular weight excluding hydrogens is 330 g/mol. The molecule has 26 heavy (non-hydrogen) atoms. The molecule has 0 radical (unpaired) electrons. The topological polar surface area (TPSA) is 78.6 Å². The summed E-state index contributed by atoms with van der Waals surface area (Å²) in [6, 6.07) is 5.65. The maximum absolute atomic E-state index is 12.8. The number of oxazole rings is 1. The van der Waals surface area contributed by atoms with E-state index in [4.69, 9.17) is 4.42 Å². The number of piperidine rings is 1. The Kier molecular flexibility index (Phi) is 5.32. The molecule has 6 heteroatoms. The van der Waals surface area contributed by atoms with Crippen LogP contribution in [0.5, 0.6) is 0 Å². The monoisotopic (exact) mass is 357 g/mol. The lowest BCUT2D eigenvalue weighted by Gasteiger charge is -2.41. The summed E-state index contributed by atoms with van der Waals surface area (Å²) in [6.07, 6.45) is 4.35. The molecule has 1 aliphatic rings. The number of amides is 2. The van der Waals surface area contributed by atoms with Crippen LogP contribution >= 0.6 is 0 Å². The van der Waals surface area contributed by atoms with Gasteiger partial charge in [0.25, 0.3) is 0 Å². The normalized spacial score (nSPS) is 20.2. The second kappa shape index (κ2) is 7.50. The maximum Gasteiger partial charge on any atom is 0.321 e. The van der Waals surface area contributed by atoms with E-state index in [-0.39, 0.29) is 18.1 Å². The Bertz CT molecular complexity index is 780. The largest absolute Gasteiger partial charge is 0.444 e. The van der Waals surface area contributed by atoms with Crippen LogP contribution in [0.2, 0.25) is 0 Å². The Morgan fingerprint density at radius 1 is 1.42 bits per heavy atom. The maximum atomic E-state index is 12.8. The smallest absolute Gasteiger partial charge is 0.321 e. The SMILES string of the molecule is CCC1(CO)CCCN(C(=O)Nc2cc(-c3nc(C)co3)ccc2C)C1. The number of rotatable bonds is 4. The van der Waals surface area contributed by atoms with Gasteiger partial charge in [0.2, 0.25) is 5.89 Å². The Morgan fingerprint density at radius 2 is 2.23 bits per heavy atom. The van der Waals surface area contributed by atoms with Crippen molar-refractivity contribution in [2.75, 3.05) is 25.0 Å². The molecule has 0 bridgehead atoms. The van der Waals surface area contributed by atoms with Crippen molar-refractivity contribution in [3.63, 3.8) is 0 Å². The molecule has 0 spiro atoms. The fourth-order valence-electron chi connectivity index (χ4n) is 3.48. The van der Waals surface area contributed by atoms with E-state index in [9.17, 15) is 9.90 Å². The number of nitrogens with zero attached hydrogens (tertiary/aromatic N) is 2. The van der Waals surface area contributed by atoms with Gasteiger partial charge in [-0.3, -0.25) is 0 Å². The molecule has 3 rings (SSSR count). The summed E-state index contributed by atoms with van der Waals surface area (Å²) in [5.41, 5.74) is 3.20. The van der Waals surface area contributed by atoms with Crippen molar-refractivity contribution in [3.05, 3.63) is 35.7 Å². The first kappa shape index (κ1) is 18.5. The molecule has 2 amide bonds. The minimum atomic E-state index is -0.178. The molecule has 2 heterocycles. The van der Waals surface area contributed by atoms with E-state index < -0.39 is 0 Å². The Hall–Kier alpha value is -2.34. The lowest BCUT2D eigenvalue weighted by molar-refractivity contribution is 0.0468. The number of aliphatic hydroxyl groups excluding tert-OH is 1. The number of aryl methyl sites for hydroxylation is 2. The molecule has 1 atom stereocenters. The number of hydrogen-bond acceptors (Lipinski definition) is 4. The van der Waals surface area contributed by atoms with Crippen LogP contribution < -0.4 is 5.32 Å². The van der Waals surface area contributed by atoms with Gasteiger partial charge in [0, 0.05) is 29.8 Å². The Morgan fingerprint density at radius 3 is 2.88 bits per heavy atom. The van der Waals surface area contributed by atoms with Gasteiger partial charge in [-0.05, 0) is 50.8 Å². The minimum absolute atomic E-state index is 0.116. The number of urea groups is 1. The van der Waals surface area contributed by atoms with Gasteiger partial charge in [-0.25, -0.2) is 9.78 Å². The van der Waals surface area contributed by atoms with Crippen LogP contribution in [0.25, 0.3) is 11.5 Å². The molecule has 140 valence electrons. The van der Waals surface area contributed by atoms with Gasteiger partial charge < -0.3 is 19.7 Å². The molecule has 6 nitrogen and oxygen atoms in total. The van der Waals surface area contributed by atoms with Crippen molar-refractivity contribution in [1.29, 1.82) is 0 Å². The van der Waals surface area contributed by atoms with Gasteiger partial charge >= 0.3 is 6.03 Å². The van der Waals surface area contributed by atoms with Crippen molar-refractivity contribution in [2.24, 2.45) is 5.41 Å². The van der Waals surface area contributed by atoms with Gasteiger partial charge in [0.15, 0.2) is 0 Å². The van der Waals surface area contributed by atoms with E-state index in [1.807, 2.05) is 36.9 Å². The number of benzene rings is 1. The highest BCUT2D eigenvalue weighted by Crippen LogP contribution is 2.33. The predicted molar refractivity (Wildman–Crippen MR) is 101 cm³/mol. The third-order valence-electron chi connectivity index (χ3n) is 5.38. The second-order valence-corrected chi connectivity index (χ2v) is 7.29. The first-order valence-electron chi connectivity index (χ1n) is 9.16. The summed E-state index contributed by atoms with van der Waals surface area (Å²) in [7, 11) is 0. The standard InChI is InChI=1S/C20H27N3O3/c1-4-20(13-24)8-5-9-23(12-20)19(25)22-17-10-16(7-6-14(17)2)18-21-15(3)11-26-18/h6-7,10-11,24H,4-5,8-9,12-13H2,1-3H3,(H,22,25). The van der Waals surface area contributed by atoms with E-state index >= 15 is 0 Å². The molecule has 2 N–H and O–H groups in total. The van der Waals surface area contributed by atoms with Gasteiger partial charge in [-0.2, -0.15) is 0 Å². The van der Waals surface area contributed by atoms with E-state index in [1.165, 1.54) is 0 Å². The van der Waals surface area contributed by atoms with Crippen LogP contribution in [-0.2, 0) is 0 Å². The van der Waals surface area contributed by atoms with E-state index in [1.54, 1.807) is 6.26 Å². The first-order valence-corrected chi connectivity index (χ1v) is 9.16. The lowest BCUT2D eigenvalue weighted by Crippen LogP contribution is -2.49. The third kappa shape index (κ3) is 3.75. The van der Waals surface area contributed by atoms with Gasteiger partial charge in [-0.1, -0.05) is 13.0 Å². The van der Waals surface area contributed by atoms with Gasteiger partial charge in [0.05, 0.1) is 12.3 Å².